The van der Waals surface area contributed by atoms with E-state index in [1.807, 2.05) is 12.1 Å². The van der Waals surface area contributed by atoms with E-state index in [1.165, 1.54) is 24.8 Å². The SMILES string of the molecule is NCC1CCCCN1Cc1ccc(C(N)=O)cc1. The van der Waals surface area contributed by atoms with Gasteiger partial charge in [-0.2, -0.15) is 0 Å². The van der Waals surface area contributed by atoms with Crippen molar-refractivity contribution in [1.29, 1.82) is 0 Å². The molecule has 2 rings (SSSR count). The highest BCUT2D eigenvalue weighted by molar-refractivity contribution is 5.92. The maximum atomic E-state index is 11.0. The molecule has 0 aromatic heterocycles. The predicted molar refractivity (Wildman–Crippen MR) is 72.1 cm³/mol. The van der Waals surface area contributed by atoms with Gasteiger partial charge in [0.05, 0.1) is 0 Å². The molecule has 1 heterocycles. The number of carbonyl (C=O) groups is 1. The van der Waals surface area contributed by atoms with Crippen molar-refractivity contribution in [1.82, 2.24) is 4.90 Å². The normalized spacial score (nSPS) is 20.8. The predicted octanol–water partition coefficient (Wildman–Crippen LogP) is 1.10. The Bertz CT molecular complexity index is 402. The van der Waals surface area contributed by atoms with Crippen molar-refractivity contribution < 1.29 is 4.79 Å². The summed E-state index contributed by atoms with van der Waals surface area (Å²) >= 11 is 0. The molecule has 0 radical (unpaired) electrons. The number of likely N-dealkylation sites (tertiary alicyclic amines) is 1. The minimum Gasteiger partial charge on any atom is -0.366 e. The number of primary amides is 1. The molecule has 1 aromatic carbocycles. The van der Waals surface area contributed by atoms with Crippen molar-refractivity contribution in [3.63, 3.8) is 0 Å². The molecular formula is C14H21N3O. The Kier molecular flexibility index (Phi) is 4.33. The van der Waals surface area contributed by atoms with Crippen LogP contribution in [0.3, 0.4) is 0 Å². The van der Waals surface area contributed by atoms with Crippen LogP contribution in [0.2, 0.25) is 0 Å². The third-order valence-electron chi connectivity index (χ3n) is 3.65. The first-order chi connectivity index (χ1) is 8.70. The zero-order chi connectivity index (χ0) is 13.0. The average Bonchev–Trinajstić information content (AvgIpc) is 2.40. The number of hydrogen-bond donors (Lipinski definition) is 2. The molecule has 4 nitrogen and oxygen atoms in total. The summed E-state index contributed by atoms with van der Waals surface area (Å²) in [7, 11) is 0. The van der Waals surface area contributed by atoms with Gasteiger partial charge in [0.1, 0.15) is 0 Å². The van der Waals surface area contributed by atoms with Gasteiger partial charge >= 0.3 is 0 Å². The summed E-state index contributed by atoms with van der Waals surface area (Å²) in [6.07, 6.45) is 3.71. The summed E-state index contributed by atoms with van der Waals surface area (Å²) in [6.45, 7) is 2.74. The van der Waals surface area contributed by atoms with Gasteiger partial charge in [0.15, 0.2) is 0 Å². The molecule has 1 fully saturated rings. The molecule has 1 atom stereocenters. The lowest BCUT2D eigenvalue weighted by molar-refractivity contribution is 0.1000. The summed E-state index contributed by atoms with van der Waals surface area (Å²) in [5, 5.41) is 0. The minimum atomic E-state index is -0.376. The fourth-order valence-electron chi connectivity index (χ4n) is 2.54. The Balaban J connectivity index is 2.01. The summed E-state index contributed by atoms with van der Waals surface area (Å²) in [5.41, 5.74) is 12.8. The maximum absolute atomic E-state index is 11.0. The minimum absolute atomic E-state index is 0.376. The monoisotopic (exact) mass is 247 g/mol. The van der Waals surface area contributed by atoms with Gasteiger partial charge in [-0.3, -0.25) is 9.69 Å². The fourth-order valence-corrected chi connectivity index (χ4v) is 2.54. The first-order valence-corrected chi connectivity index (χ1v) is 6.53. The number of nitrogens with zero attached hydrogens (tertiary/aromatic N) is 1. The van der Waals surface area contributed by atoms with Crippen molar-refractivity contribution in [2.75, 3.05) is 13.1 Å². The smallest absolute Gasteiger partial charge is 0.248 e. The number of piperidine rings is 1. The van der Waals surface area contributed by atoms with Gasteiger partial charge < -0.3 is 11.5 Å². The van der Waals surface area contributed by atoms with E-state index in [2.05, 4.69) is 4.90 Å². The molecule has 0 aliphatic carbocycles. The summed E-state index contributed by atoms with van der Waals surface area (Å²) < 4.78 is 0. The van der Waals surface area contributed by atoms with Crippen molar-refractivity contribution in [2.24, 2.45) is 11.5 Å². The Morgan fingerprint density at radius 1 is 1.28 bits per heavy atom. The molecular weight excluding hydrogens is 226 g/mol. The van der Waals surface area contributed by atoms with E-state index >= 15 is 0 Å². The van der Waals surface area contributed by atoms with Crippen molar-refractivity contribution in [2.45, 2.75) is 31.8 Å². The lowest BCUT2D eigenvalue weighted by Gasteiger charge is -2.35. The van der Waals surface area contributed by atoms with E-state index in [1.54, 1.807) is 12.1 Å². The zero-order valence-electron chi connectivity index (χ0n) is 10.6. The number of carbonyl (C=O) groups excluding carboxylic acids is 1. The molecule has 0 saturated carbocycles. The van der Waals surface area contributed by atoms with Gasteiger partial charge in [-0.05, 0) is 37.1 Å². The summed E-state index contributed by atoms with van der Waals surface area (Å²) in [6, 6.07) is 8.03. The van der Waals surface area contributed by atoms with Gasteiger partial charge in [-0.25, -0.2) is 0 Å². The highest BCUT2D eigenvalue weighted by Crippen LogP contribution is 2.19. The molecule has 0 bridgehead atoms. The topological polar surface area (TPSA) is 72.3 Å². The zero-order valence-corrected chi connectivity index (χ0v) is 10.6. The van der Waals surface area contributed by atoms with E-state index in [0.717, 1.165) is 19.6 Å². The number of nitrogens with two attached hydrogens (primary N) is 2. The number of rotatable bonds is 4. The second-order valence-corrected chi connectivity index (χ2v) is 4.92. The fraction of sp³-hybridized carbons (Fsp3) is 0.500. The van der Waals surface area contributed by atoms with Crippen LogP contribution < -0.4 is 11.5 Å². The van der Waals surface area contributed by atoms with Crippen LogP contribution in [0.25, 0.3) is 0 Å². The van der Waals surface area contributed by atoms with Crippen molar-refractivity contribution >= 4 is 5.91 Å². The molecule has 1 aromatic rings. The third-order valence-corrected chi connectivity index (χ3v) is 3.65. The van der Waals surface area contributed by atoms with Crippen molar-refractivity contribution in [3.05, 3.63) is 35.4 Å². The Labute approximate surface area is 108 Å². The first-order valence-electron chi connectivity index (χ1n) is 6.53. The van der Waals surface area contributed by atoms with Crippen LogP contribution in [0.5, 0.6) is 0 Å². The molecule has 1 aliphatic heterocycles. The molecule has 1 amide bonds. The molecule has 1 unspecified atom stereocenters. The van der Waals surface area contributed by atoms with Crippen LogP contribution in [0.4, 0.5) is 0 Å². The highest BCUT2D eigenvalue weighted by atomic mass is 16.1. The van der Waals surface area contributed by atoms with Gasteiger partial charge in [0, 0.05) is 24.7 Å². The first kappa shape index (κ1) is 13.1. The molecule has 18 heavy (non-hydrogen) atoms. The van der Waals surface area contributed by atoms with Crippen LogP contribution in [-0.2, 0) is 6.54 Å². The quantitative estimate of drug-likeness (QED) is 0.837. The van der Waals surface area contributed by atoms with E-state index in [-0.39, 0.29) is 5.91 Å². The Morgan fingerprint density at radius 2 is 2.00 bits per heavy atom. The lowest BCUT2D eigenvalue weighted by atomic mass is 10.0. The third kappa shape index (κ3) is 3.09. The summed E-state index contributed by atoms with van der Waals surface area (Å²) in [5.74, 6) is -0.376. The second-order valence-electron chi connectivity index (χ2n) is 4.92. The average molecular weight is 247 g/mol. The van der Waals surface area contributed by atoms with E-state index in [0.29, 0.717) is 11.6 Å². The van der Waals surface area contributed by atoms with Gasteiger partial charge in [0.25, 0.3) is 0 Å². The van der Waals surface area contributed by atoms with Crippen molar-refractivity contribution in [3.8, 4) is 0 Å². The molecule has 1 saturated heterocycles. The summed E-state index contributed by atoms with van der Waals surface area (Å²) in [4.78, 5) is 13.4. The largest absolute Gasteiger partial charge is 0.366 e. The van der Waals surface area contributed by atoms with Gasteiger partial charge in [-0.15, -0.1) is 0 Å². The number of amides is 1. The number of benzene rings is 1. The van der Waals surface area contributed by atoms with Crippen LogP contribution in [0.1, 0.15) is 35.2 Å². The standard InChI is InChI=1S/C14H21N3O/c15-9-13-3-1-2-8-17(13)10-11-4-6-12(7-5-11)14(16)18/h4-7,13H,1-3,8-10,15H2,(H2,16,18). The molecule has 98 valence electrons. The van der Waals surface area contributed by atoms with E-state index in [9.17, 15) is 4.79 Å². The van der Waals surface area contributed by atoms with Crippen LogP contribution in [-0.4, -0.2) is 29.9 Å². The van der Waals surface area contributed by atoms with E-state index in [4.69, 9.17) is 11.5 Å². The Morgan fingerprint density at radius 3 is 2.61 bits per heavy atom. The van der Waals surface area contributed by atoms with Crippen LogP contribution in [0.15, 0.2) is 24.3 Å². The van der Waals surface area contributed by atoms with Crippen LogP contribution in [0, 0.1) is 0 Å². The van der Waals surface area contributed by atoms with Gasteiger partial charge in [-0.1, -0.05) is 18.6 Å². The Hall–Kier alpha value is -1.39. The maximum Gasteiger partial charge on any atom is 0.248 e. The molecule has 1 aliphatic rings. The molecule has 4 N–H and O–H groups in total. The lowest BCUT2D eigenvalue weighted by Crippen LogP contribution is -2.43. The van der Waals surface area contributed by atoms with Gasteiger partial charge in [0.2, 0.25) is 5.91 Å². The second kappa shape index (κ2) is 5.98. The highest BCUT2D eigenvalue weighted by Gasteiger charge is 2.20. The molecule has 4 heteroatoms. The van der Waals surface area contributed by atoms with Crippen LogP contribution >= 0.6 is 0 Å². The molecule has 0 spiro atoms. The van der Waals surface area contributed by atoms with E-state index < -0.39 is 0 Å². The number of hydrogen-bond acceptors (Lipinski definition) is 3.